The van der Waals surface area contributed by atoms with Crippen LogP contribution in [0.4, 0.5) is 0 Å². The first-order valence-electron chi connectivity index (χ1n) is 8.04. The average Bonchev–Trinajstić information content (AvgIpc) is 2.52. The number of likely N-dealkylation sites (tertiary alicyclic amines) is 1. The maximum atomic E-state index is 12.1. The van der Waals surface area contributed by atoms with E-state index < -0.39 is 0 Å². The zero-order chi connectivity index (χ0) is 16.2. The lowest BCUT2D eigenvalue weighted by molar-refractivity contribution is -0.130. The van der Waals surface area contributed by atoms with Crippen LogP contribution in [-0.2, 0) is 10.2 Å². The maximum absolute atomic E-state index is 12.1. The molecule has 0 aliphatic carbocycles. The van der Waals surface area contributed by atoms with Crippen LogP contribution in [0.5, 0.6) is 0 Å². The molecular formula is C18H26N2O2. The average molecular weight is 302 g/mol. The van der Waals surface area contributed by atoms with E-state index in [1.807, 2.05) is 29.2 Å². The number of nitrogens with zero attached hydrogens (tertiary/aromatic N) is 1. The van der Waals surface area contributed by atoms with Gasteiger partial charge in [0.1, 0.15) is 0 Å². The van der Waals surface area contributed by atoms with Gasteiger partial charge in [0.25, 0.3) is 5.91 Å². The summed E-state index contributed by atoms with van der Waals surface area (Å²) in [6, 6.07) is 7.59. The van der Waals surface area contributed by atoms with Crippen molar-refractivity contribution >= 4 is 11.8 Å². The molecule has 1 aliphatic rings. The summed E-state index contributed by atoms with van der Waals surface area (Å²) in [5, 5.41) is 2.72. The van der Waals surface area contributed by atoms with Crippen molar-refractivity contribution in [2.24, 2.45) is 0 Å². The van der Waals surface area contributed by atoms with E-state index in [9.17, 15) is 9.59 Å². The Bertz CT molecular complexity index is 523. The van der Waals surface area contributed by atoms with Crippen molar-refractivity contribution < 1.29 is 9.59 Å². The van der Waals surface area contributed by atoms with Crippen molar-refractivity contribution in [3.63, 3.8) is 0 Å². The molecule has 2 rings (SSSR count). The van der Waals surface area contributed by atoms with Gasteiger partial charge in [0, 0.05) is 18.7 Å². The molecule has 1 aromatic carbocycles. The van der Waals surface area contributed by atoms with Crippen LogP contribution in [0, 0.1) is 0 Å². The first kappa shape index (κ1) is 16.5. The minimum absolute atomic E-state index is 0.0133. The summed E-state index contributed by atoms with van der Waals surface area (Å²) in [5.41, 5.74) is 1.85. The second-order valence-corrected chi connectivity index (χ2v) is 6.95. The van der Waals surface area contributed by atoms with E-state index in [0.717, 1.165) is 25.9 Å². The highest BCUT2D eigenvalue weighted by Crippen LogP contribution is 2.22. The van der Waals surface area contributed by atoms with Crippen LogP contribution in [0.2, 0.25) is 0 Å². The molecule has 1 N–H and O–H groups in total. The molecule has 1 saturated heterocycles. The molecule has 4 heteroatoms. The van der Waals surface area contributed by atoms with Gasteiger partial charge in [-0.3, -0.25) is 9.59 Å². The van der Waals surface area contributed by atoms with Crippen LogP contribution in [0.15, 0.2) is 24.3 Å². The van der Waals surface area contributed by atoms with Crippen LogP contribution in [0.3, 0.4) is 0 Å². The van der Waals surface area contributed by atoms with Crippen molar-refractivity contribution in [1.82, 2.24) is 10.2 Å². The zero-order valence-corrected chi connectivity index (χ0v) is 13.8. The Hall–Kier alpha value is -1.84. The largest absolute Gasteiger partial charge is 0.343 e. The Morgan fingerprint density at radius 1 is 1.05 bits per heavy atom. The SMILES string of the molecule is CC(C)(C)c1ccc(C(=O)NCC(=O)N2CCCCC2)cc1. The summed E-state index contributed by atoms with van der Waals surface area (Å²) < 4.78 is 0. The Kier molecular flexibility index (Phi) is 5.22. The fraction of sp³-hybridized carbons (Fsp3) is 0.556. The van der Waals surface area contributed by atoms with Crippen LogP contribution >= 0.6 is 0 Å². The van der Waals surface area contributed by atoms with Crippen LogP contribution in [0.1, 0.15) is 56.0 Å². The van der Waals surface area contributed by atoms with Crippen LogP contribution < -0.4 is 5.32 Å². The number of hydrogen-bond acceptors (Lipinski definition) is 2. The smallest absolute Gasteiger partial charge is 0.251 e. The maximum Gasteiger partial charge on any atom is 0.251 e. The number of nitrogens with one attached hydrogen (secondary N) is 1. The number of piperidine rings is 1. The minimum Gasteiger partial charge on any atom is -0.343 e. The molecule has 4 nitrogen and oxygen atoms in total. The number of amides is 2. The van der Waals surface area contributed by atoms with E-state index in [-0.39, 0.29) is 23.8 Å². The van der Waals surface area contributed by atoms with E-state index in [1.165, 1.54) is 12.0 Å². The predicted octanol–water partition coefficient (Wildman–Crippen LogP) is 2.73. The molecule has 2 amide bonds. The van der Waals surface area contributed by atoms with Crippen molar-refractivity contribution in [3.05, 3.63) is 35.4 Å². The van der Waals surface area contributed by atoms with Gasteiger partial charge >= 0.3 is 0 Å². The third-order valence-corrected chi connectivity index (χ3v) is 4.12. The Labute approximate surface area is 132 Å². The highest BCUT2D eigenvalue weighted by molar-refractivity contribution is 5.96. The number of carbonyl (C=O) groups excluding carboxylic acids is 2. The highest BCUT2D eigenvalue weighted by Gasteiger charge is 2.18. The first-order valence-corrected chi connectivity index (χ1v) is 8.04. The molecular weight excluding hydrogens is 276 g/mol. The monoisotopic (exact) mass is 302 g/mol. The first-order chi connectivity index (χ1) is 10.4. The highest BCUT2D eigenvalue weighted by atomic mass is 16.2. The lowest BCUT2D eigenvalue weighted by Crippen LogP contribution is -2.42. The summed E-state index contributed by atoms with van der Waals surface area (Å²) in [5.74, 6) is -0.176. The van der Waals surface area contributed by atoms with Gasteiger partial charge in [-0.15, -0.1) is 0 Å². The number of rotatable bonds is 3. The molecule has 120 valence electrons. The molecule has 1 fully saturated rings. The Morgan fingerprint density at radius 3 is 2.18 bits per heavy atom. The number of carbonyl (C=O) groups is 2. The molecule has 0 aromatic heterocycles. The molecule has 0 unspecified atom stereocenters. The predicted molar refractivity (Wildman–Crippen MR) is 87.9 cm³/mol. The fourth-order valence-electron chi connectivity index (χ4n) is 2.63. The molecule has 0 bridgehead atoms. The molecule has 1 aliphatic heterocycles. The normalized spacial score (nSPS) is 15.5. The Morgan fingerprint density at radius 2 is 1.64 bits per heavy atom. The summed E-state index contributed by atoms with van der Waals surface area (Å²) in [6.07, 6.45) is 3.32. The molecule has 1 aromatic rings. The van der Waals surface area contributed by atoms with E-state index in [4.69, 9.17) is 0 Å². The molecule has 0 atom stereocenters. The topological polar surface area (TPSA) is 49.4 Å². The van der Waals surface area contributed by atoms with Gasteiger partial charge in [-0.2, -0.15) is 0 Å². The fourth-order valence-corrected chi connectivity index (χ4v) is 2.63. The van der Waals surface area contributed by atoms with Crippen LogP contribution in [-0.4, -0.2) is 36.3 Å². The van der Waals surface area contributed by atoms with Gasteiger partial charge < -0.3 is 10.2 Å². The lowest BCUT2D eigenvalue weighted by atomic mass is 9.87. The van der Waals surface area contributed by atoms with Gasteiger partial charge in [0.2, 0.25) is 5.91 Å². The Balaban J connectivity index is 1.88. The van der Waals surface area contributed by atoms with E-state index in [1.54, 1.807) is 0 Å². The second-order valence-electron chi connectivity index (χ2n) is 6.95. The van der Waals surface area contributed by atoms with Gasteiger partial charge in [-0.1, -0.05) is 32.9 Å². The van der Waals surface area contributed by atoms with Gasteiger partial charge in [-0.05, 0) is 42.4 Å². The number of hydrogen-bond donors (Lipinski definition) is 1. The van der Waals surface area contributed by atoms with Gasteiger partial charge in [0.15, 0.2) is 0 Å². The van der Waals surface area contributed by atoms with Gasteiger partial charge in [0.05, 0.1) is 6.54 Å². The third-order valence-electron chi connectivity index (χ3n) is 4.12. The quantitative estimate of drug-likeness (QED) is 0.933. The van der Waals surface area contributed by atoms with Crippen molar-refractivity contribution in [2.75, 3.05) is 19.6 Å². The molecule has 22 heavy (non-hydrogen) atoms. The van der Waals surface area contributed by atoms with Crippen molar-refractivity contribution in [3.8, 4) is 0 Å². The molecule has 1 heterocycles. The molecule has 0 spiro atoms. The minimum atomic E-state index is -0.189. The summed E-state index contributed by atoms with van der Waals surface area (Å²) in [7, 11) is 0. The lowest BCUT2D eigenvalue weighted by Gasteiger charge is -2.26. The van der Waals surface area contributed by atoms with E-state index in [0.29, 0.717) is 5.56 Å². The molecule has 0 radical (unpaired) electrons. The second kappa shape index (κ2) is 6.95. The van der Waals surface area contributed by atoms with Crippen LogP contribution in [0.25, 0.3) is 0 Å². The standard InChI is InChI=1S/C18H26N2O2/c1-18(2,3)15-9-7-14(8-10-15)17(22)19-13-16(21)20-11-5-4-6-12-20/h7-10H,4-6,11-13H2,1-3H3,(H,19,22). The van der Waals surface area contributed by atoms with Gasteiger partial charge in [-0.25, -0.2) is 0 Å². The number of benzene rings is 1. The third kappa shape index (κ3) is 4.33. The molecule has 0 saturated carbocycles. The zero-order valence-electron chi connectivity index (χ0n) is 13.8. The summed E-state index contributed by atoms with van der Waals surface area (Å²) in [6.45, 7) is 8.13. The van der Waals surface area contributed by atoms with Crippen molar-refractivity contribution in [2.45, 2.75) is 45.4 Å². The van der Waals surface area contributed by atoms with E-state index in [2.05, 4.69) is 26.1 Å². The summed E-state index contributed by atoms with van der Waals surface area (Å²) in [4.78, 5) is 26.0. The van der Waals surface area contributed by atoms with Crippen molar-refractivity contribution in [1.29, 1.82) is 0 Å². The summed E-state index contributed by atoms with van der Waals surface area (Å²) >= 11 is 0. The van der Waals surface area contributed by atoms with E-state index >= 15 is 0 Å².